The standard InChI is InChI=1S/C14H13ClN2OS2/c15-11-7-6-10(20-11)8-17-14(18)12(13(16)19)9-4-2-1-3-5-9/h1-7,12H,8H2,(H2,16,19)(H,17,18). The van der Waals surface area contributed by atoms with E-state index in [9.17, 15) is 4.79 Å². The fourth-order valence-corrected chi connectivity index (χ4v) is 3.08. The summed E-state index contributed by atoms with van der Waals surface area (Å²) < 4.78 is 0.697. The zero-order valence-corrected chi connectivity index (χ0v) is 12.9. The van der Waals surface area contributed by atoms with E-state index in [2.05, 4.69) is 5.32 Å². The molecule has 2 rings (SSSR count). The molecule has 2 aromatic rings. The number of thiocarbonyl (C=S) groups is 1. The molecule has 1 unspecified atom stereocenters. The maximum absolute atomic E-state index is 12.3. The number of benzene rings is 1. The van der Waals surface area contributed by atoms with Crippen LogP contribution in [0.1, 0.15) is 16.4 Å². The smallest absolute Gasteiger partial charge is 0.234 e. The molecule has 0 saturated carbocycles. The molecule has 1 amide bonds. The van der Waals surface area contributed by atoms with Gasteiger partial charge in [-0.15, -0.1) is 11.3 Å². The SMILES string of the molecule is NC(=S)C(C(=O)NCc1ccc(Cl)s1)c1ccccc1. The van der Waals surface area contributed by atoms with E-state index < -0.39 is 5.92 Å². The first kappa shape index (κ1) is 15.0. The summed E-state index contributed by atoms with van der Waals surface area (Å²) in [4.78, 5) is 13.4. The molecule has 0 aliphatic rings. The van der Waals surface area contributed by atoms with Gasteiger partial charge in [-0.3, -0.25) is 4.79 Å². The van der Waals surface area contributed by atoms with E-state index in [4.69, 9.17) is 29.6 Å². The van der Waals surface area contributed by atoms with Gasteiger partial charge in [0.1, 0.15) is 5.92 Å². The van der Waals surface area contributed by atoms with E-state index in [0.29, 0.717) is 10.9 Å². The van der Waals surface area contributed by atoms with Crippen LogP contribution in [0.25, 0.3) is 0 Å². The van der Waals surface area contributed by atoms with E-state index in [1.807, 2.05) is 36.4 Å². The Morgan fingerprint density at radius 1 is 1.30 bits per heavy atom. The van der Waals surface area contributed by atoms with Gasteiger partial charge in [-0.2, -0.15) is 0 Å². The molecule has 20 heavy (non-hydrogen) atoms. The Hall–Kier alpha value is -1.43. The molecule has 0 spiro atoms. The second-order valence-corrected chi connectivity index (χ2v) is 6.44. The van der Waals surface area contributed by atoms with Crippen molar-refractivity contribution < 1.29 is 4.79 Å². The number of nitrogens with two attached hydrogens (primary N) is 1. The molecule has 0 radical (unpaired) electrons. The van der Waals surface area contributed by atoms with Crippen molar-refractivity contribution in [3.8, 4) is 0 Å². The molecule has 1 aromatic carbocycles. The molecule has 104 valence electrons. The number of halogens is 1. The lowest BCUT2D eigenvalue weighted by atomic mass is 9.98. The zero-order valence-electron chi connectivity index (χ0n) is 10.5. The van der Waals surface area contributed by atoms with Crippen molar-refractivity contribution >= 4 is 46.1 Å². The highest BCUT2D eigenvalue weighted by atomic mass is 35.5. The highest BCUT2D eigenvalue weighted by molar-refractivity contribution is 7.80. The summed E-state index contributed by atoms with van der Waals surface area (Å²) in [5, 5.41) is 2.84. The lowest BCUT2D eigenvalue weighted by Gasteiger charge is -2.15. The molecule has 0 aliphatic heterocycles. The summed E-state index contributed by atoms with van der Waals surface area (Å²) >= 11 is 12.3. The molecule has 0 bridgehead atoms. The van der Waals surface area contributed by atoms with Crippen LogP contribution in [0.4, 0.5) is 0 Å². The van der Waals surface area contributed by atoms with E-state index >= 15 is 0 Å². The highest BCUT2D eigenvalue weighted by Crippen LogP contribution is 2.22. The Labute approximate surface area is 131 Å². The van der Waals surface area contributed by atoms with Crippen LogP contribution in [0.5, 0.6) is 0 Å². The van der Waals surface area contributed by atoms with Gasteiger partial charge in [-0.1, -0.05) is 54.2 Å². The Kier molecular flexibility index (Phi) is 5.11. The van der Waals surface area contributed by atoms with Gasteiger partial charge in [0.15, 0.2) is 0 Å². The van der Waals surface area contributed by atoms with Crippen molar-refractivity contribution in [2.75, 3.05) is 0 Å². The lowest BCUT2D eigenvalue weighted by molar-refractivity contribution is -0.121. The van der Waals surface area contributed by atoms with Gasteiger partial charge in [0.2, 0.25) is 5.91 Å². The molecule has 3 nitrogen and oxygen atoms in total. The zero-order chi connectivity index (χ0) is 14.5. The summed E-state index contributed by atoms with van der Waals surface area (Å²) in [6.07, 6.45) is 0. The Balaban J connectivity index is 2.06. The first-order chi connectivity index (χ1) is 9.58. The van der Waals surface area contributed by atoms with Gasteiger partial charge >= 0.3 is 0 Å². The van der Waals surface area contributed by atoms with Crippen LogP contribution in [0.2, 0.25) is 4.34 Å². The molecular formula is C14H13ClN2OS2. The summed E-state index contributed by atoms with van der Waals surface area (Å²) in [5.41, 5.74) is 6.49. The van der Waals surface area contributed by atoms with Crippen molar-refractivity contribution in [2.24, 2.45) is 5.73 Å². The number of carbonyl (C=O) groups excluding carboxylic acids is 1. The molecule has 3 N–H and O–H groups in total. The number of carbonyl (C=O) groups is 1. The minimum Gasteiger partial charge on any atom is -0.392 e. The fourth-order valence-electron chi connectivity index (χ4n) is 1.81. The average Bonchev–Trinajstić information content (AvgIpc) is 2.83. The van der Waals surface area contributed by atoms with Crippen LogP contribution in [0.3, 0.4) is 0 Å². The van der Waals surface area contributed by atoms with Crippen LogP contribution < -0.4 is 11.1 Å². The van der Waals surface area contributed by atoms with E-state index in [1.54, 1.807) is 6.07 Å². The molecule has 0 saturated heterocycles. The third-order valence-corrected chi connectivity index (χ3v) is 4.21. The fraction of sp³-hybridized carbons (Fsp3) is 0.143. The molecule has 0 fully saturated rings. The number of thiophene rings is 1. The summed E-state index contributed by atoms with van der Waals surface area (Å²) in [6, 6.07) is 12.9. The second-order valence-electron chi connectivity index (χ2n) is 4.17. The normalized spacial score (nSPS) is 11.8. The first-order valence-corrected chi connectivity index (χ1v) is 7.54. The van der Waals surface area contributed by atoms with Crippen molar-refractivity contribution in [3.05, 3.63) is 57.2 Å². The van der Waals surface area contributed by atoms with Crippen LogP contribution >= 0.6 is 35.2 Å². The van der Waals surface area contributed by atoms with E-state index in [1.165, 1.54) is 11.3 Å². The van der Waals surface area contributed by atoms with Gasteiger partial charge in [-0.05, 0) is 17.7 Å². The van der Waals surface area contributed by atoms with Crippen molar-refractivity contribution in [1.29, 1.82) is 0 Å². The van der Waals surface area contributed by atoms with Gasteiger partial charge < -0.3 is 11.1 Å². The predicted octanol–water partition coefficient (Wildman–Crippen LogP) is 3.09. The quantitative estimate of drug-likeness (QED) is 0.831. The summed E-state index contributed by atoms with van der Waals surface area (Å²) in [5.74, 6) is -0.810. The topological polar surface area (TPSA) is 55.1 Å². The molecule has 1 atom stereocenters. The van der Waals surface area contributed by atoms with Crippen LogP contribution in [0, 0.1) is 0 Å². The number of nitrogens with one attached hydrogen (secondary N) is 1. The lowest BCUT2D eigenvalue weighted by Crippen LogP contribution is -2.35. The van der Waals surface area contributed by atoms with Crippen molar-refractivity contribution in [1.82, 2.24) is 5.32 Å². The minimum absolute atomic E-state index is 0.165. The number of hydrogen-bond donors (Lipinski definition) is 2. The van der Waals surface area contributed by atoms with Gasteiger partial charge in [0.05, 0.1) is 15.9 Å². The molecule has 0 aliphatic carbocycles. The van der Waals surface area contributed by atoms with E-state index in [0.717, 1.165) is 10.4 Å². The highest BCUT2D eigenvalue weighted by Gasteiger charge is 2.23. The summed E-state index contributed by atoms with van der Waals surface area (Å²) in [6.45, 7) is 0.419. The summed E-state index contributed by atoms with van der Waals surface area (Å²) in [7, 11) is 0. The van der Waals surface area contributed by atoms with Crippen LogP contribution in [0.15, 0.2) is 42.5 Å². The Bertz CT molecular complexity index is 613. The van der Waals surface area contributed by atoms with Crippen LogP contribution in [-0.4, -0.2) is 10.9 Å². The predicted molar refractivity (Wildman–Crippen MR) is 87.1 cm³/mol. The van der Waals surface area contributed by atoms with Gasteiger partial charge in [-0.25, -0.2) is 0 Å². The second kappa shape index (κ2) is 6.83. The van der Waals surface area contributed by atoms with Gasteiger partial charge in [0, 0.05) is 4.88 Å². The number of rotatable bonds is 5. The Morgan fingerprint density at radius 2 is 2.00 bits per heavy atom. The Morgan fingerprint density at radius 3 is 2.55 bits per heavy atom. The third kappa shape index (κ3) is 3.79. The van der Waals surface area contributed by atoms with E-state index in [-0.39, 0.29) is 10.9 Å². The average molecular weight is 325 g/mol. The number of hydrogen-bond acceptors (Lipinski definition) is 3. The molecule has 1 aromatic heterocycles. The monoisotopic (exact) mass is 324 g/mol. The first-order valence-electron chi connectivity index (χ1n) is 5.94. The maximum atomic E-state index is 12.3. The molecule has 1 heterocycles. The van der Waals surface area contributed by atoms with Crippen molar-refractivity contribution in [3.63, 3.8) is 0 Å². The van der Waals surface area contributed by atoms with Crippen molar-refractivity contribution in [2.45, 2.75) is 12.5 Å². The molecular weight excluding hydrogens is 312 g/mol. The third-order valence-electron chi connectivity index (χ3n) is 2.75. The van der Waals surface area contributed by atoms with Crippen LogP contribution in [-0.2, 0) is 11.3 Å². The molecule has 6 heteroatoms. The maximum Gasteiger partial charge on any atom is 0.234 e. The largest absolute Gasteiger partial charge is 0.392 e. The minimum atomic E-state index is -0.610. The number of amides is 1. The van der Waals surface area contributed by atoms with Gasteiger partial charge in [0.25, 0.3) is 0 Å².